The Labute approximate surface area is 168 Å². The highest BCUT2D eigenvalue weighted by molar-refractivity contribution is 5.80. The van der Waals surface area contributed by atoms with Crippen LogP contribution in [0.4, 0.5) is 0 Å². The molecular weight excluding hydrogens is 350 g/mol. The molecule has 28 heavy (non-hydrogen) atoms. The third kappa shape index (κ3) is 5.92. The Morgan fingerprint density at radius 2 is 2.07 bits per heavy atom. The summed E-state index contributed by atoms with van der Waals surface area (Å²) in [4.78, 5) is 7.36. The number of pyridine rings is 1. The van der Waals surface area contributed by atoms with E-state index in [4.69, 9.17) is 4.99 Å². The van der Waals surface area contributed by atoms with Crippen LogP contribution in [0.2, 0.25) is 0 Å². The third-order valence-electron chi connectivity index (χ3n) is 5.11. The zero-order chi connectivity index (χ0) is 19.8. The van der Waals surface area contributed by atoms with Gasteiger partial charge in [-0.2, -0.15) is 0 Å². The molecule has 0 aromatic carbocycles. The van der Waals surface area contributed by atoms with Crippen LogP contribution >= 0.6 is 0 Å². The van der Waals surface area contributed by atoms with Gasteiger partial charge in [-0.1, -0.05) is 19.9 Å². The van der Waals surface area contributed by atoms with Crippen LogP contribution in [-0.2, 0) is 6.42 Å². The molecule has 0 saturated carbocycles. The number of guanidine groups is 1. The van der Waals surface area contributed by atoms with Crippen molar-refractivity contribution in [3.8, 4) is 0 Å². The van der Waals surface area contributed by atoms with Crippen molar-refractivity contribution in [2.24, 2.45) is 10.9 Å². The van der Waals surface area contributed by atoms with Gasteiger partial charge >= 0.3 is 0 Å². The molecule has 0 atom stereocenters. The molecule has 1 saturated heterocycles. The molecule has 0 aliphatic carbocycles. The van der Waals surface area contributed by atoms with Crippen molar-refractivity contribution in [1.29, 1.82) is 0 Å². The summed E-state index contributed by atoms with van der Waals surface area (Å²) in [6.07, 6.45) is 6.22. The Morgan fingerprint density at radius 1 is 1.25 bits per heavy atom. The summed E-state index contributed by atoms with van der Waals surface area (Å²) in [5.41, 5.74) is 0.903. The van der Waals surface area contributed by atoms with E-state index >= 15 is 0 Å². The molecule has 0 bridgehead atoms. The lowest BCUT2D eigenvalue weighted by atomic mass is 10.0. The van der Waals surface area contributed by atoms with Gasteiger partial charge in [-0.05, 0) is 44.2 Å². The number of piperidine rings is 1. The first kappa shape index (κ1) is 20.6. The average molecular weight is 386 g/mol. The lowest BCUT2D eigenvalue weighted by molar-refractivity contribution is 0.187. The second kappa shape index (κ2) is 10.4. The van der Waals surface area contributed by atoms with Crippen molar-refractivity contribution in [3.63, 3.8) is 0 Å². The highest BCUT2D eigenvalue weighted by Gasteiger charge is 2.20. The van der Waals surface area contributed by atoms with Crippen molar-refractivity contribution in [2.75, 3.05) is 32.7 Å². The van der Waals surface area contributed by atoms with Crippen molar-refractivity contribution >= 4 is 11.6 Å². The average Bonchev–Trinajstić information content (AvgIpc) is 3.09. The van der Waals surface area contributed by atoms with Crippen LogP contribution in [0, 0.1) is 5.92 Å². The van der Waals surface area contributed by atoms with Gasteiger partial charge in [0.15, 0.2) is 11.6 Å². The van der Waals surface area contributed by atoms with Gasteiger partial charge in [0.2, 0.25) is 0 Å². The molecule has 0 spiro atoms. The molecule has 1 aliphatic heterocycles. The standard InChI is InChI=1S/C21H35N7/c1-4-22-21(24-18-10-14-27(15-11-18)16-17(2)3)23-12-7-9-20-26-25-19-8-5-6-13-28(19)20/h5-6,8,13,17-18H,4,7,9-12,14-16H2,1-3H3,(H2,22,23,24). The zero-order valence-corrected chi connectivity index (χ0v) is 17.6. The Kier molecular flexibility index (Phi) is 7.65. The Morgan fingerprint density at radius 3 is 2.82 bits per heavy atom. The maximum absolute atomic E-state index is 4.78. The van der Waals surface area contributed by atoms with E-state index in [0.29, 0.717) is 6.04 Å². The smallest absolute Gasteiger partial charge is 0.191 e. The molecule has 1 aliphatic rings. The lowest BCUT2D eigenvalue weighted by Crippen LogP contribution is -2.49. The fraction of sp³-hybridized carbons (Fsp3) is 0.667. The first-order valence-electron chi connectivity index (χ1n) is 10.7. The van der Waals surface area contributed by atoms with Gasteiger partial charge in [0.1, 0.15) is 5.82 Å². The fourth-order valence-corrected chi connectivity index (χ4v) is 3.78. The van der Waals surface area contributed by atoms with Gasteiger partial charge in [0.25, 0.3) is 0 Å². The minimum Gasteiger partial charge on any atom is -0.357 e. The van der Waals surface area contributed by atoms with Crippen LogP contribution < -0.4 is 10.6 Å². The second-order valence-electron chi connectivity index (χ2n) is 8.02. The van der Waals surface area contributed by atoms with E-state index < -0.39 is 0 Å². The normalized spacial score (nSPS) is 16.8. The summed E-state index contributed by atoms with van der Waals surface area (Å²) in [7, 11) is 0. The summed E-state index contributed by atoms with van der Waals surface area (Å²) < 4.78 is 2.05. The van der Waals surface area contributed by atoms with Gasteiger partial charge in [-0.15, -0.1) is 10.2 Å². The fourth-order valence-electron chi connectivity index (χ4n) is 3.78. The van der Waals surface area contributed by atoms with Crippen molar-refractivity contribution < 1.29 is 0 Å². The molecular formula is C21H35N7. The number of hydrogen-bond acceptors (Lipinski definition) is 4. The number of fused-ring (bicyclic) bond motifs is 1. The molecule has 1 fully saturated rings. The molecule has 0 radical (unpaired) electrons. The van der Waals surface area contributed by atoms with Crippen LogP contribution in [0.5, 0.6) is 0 Å². The molecule has 3 heterocycles. The van der Waals surface area contributed by atoms with Crippen LogP contribution in [0.1, 0.15) is 45.9 Å². The van der Waals surface area contributed by atoms with Crippen molar-refractivity contribution in [3.05, 3.63) is 30.2 Å². The number of hydrogen-bond donors (Lipinski definition) is 2. The number of aliphatic imine (C=N–C) groups is 1. The predicted molar refractivity (Wildman–Crippen MR) is 115 cm³/mol. The summed E-state index contributed by atoms with van der Waals surface area (Å²) in [6.45, 7) is 11.9. The van der Waals surface area contributed by atoms with Crippen LogP contribution in [-0.4, -0.2) is 64.2 Å². The third-order valence-corrected chi connectivity index (χ3v) is 5.11. The van der Waals surface area contributed by atoms with E-state index in [0.717, 1.165) is 49.3 Å². The topological polar surface area (TPSA) is 69.8 Å². The maximum atomic E-state index is 4.78. The van der Waals surface area contributed by atoms with Gasteiger partial charge in [-0.3, -0.25) is 9.39 Å². The number of aryl methyl sites for hydroxylation is 1. The van der Waals surface area contributed by atoms with Crippen LogP contribution in [0.15, 0.2) is 29.4 Å². The van der Waals surface area contributed by atoms with E-state index in [1.54, 1.807) is 0 Å². The van der Waals surface area contributed by atoms with Crippen LogP contribution in [0.25, 0.3) is 5.65 Å². The lowest BCUT2D eigenvalue weighted by Gasteiger charge is -2.34. The Bertz CT molecular complexity index is 744. The van der Waals surface area contributed by atoms with E-state index in [-0.39, 0.29) is 0 Å². The first-order chi connectivity index (χ1) is 13.7. The van der Waals surface area contributed by atoms with E-state index in [9.17, 15) is 0 Å². The minimum atomic E-state index is 0.515. The quantitative estimate of drug-likeness (QED) is 0.415. The monoisotopic (exact) mass is 385 g/mol. The van der Waals surface area contributed by atoms with Gasteiger partial charge < -0.3 is 15.5 Å². The maximum Gasteiger partial charge on any atom is 0.191 e. The molecule has 0 amide bonds. The molecule has 7 nitrogen and oxygen atoms in total. The largest absolute Gasteiger partial charge is 0.357 e. The molecule has 0 unspecified atom stereocenters. The highest BCUT2D eigenvalue weighted by Crippen LogP contribution is 2.12. The Hall–Kier alpha value is -2.15. The Balaban J connectivity index is 1.45. The van der Waals surface area contributed by atoms with E-state index in [2.05, 4.69) is 50.9 Å². The number of rotatable bonds is 8. The summed E-state index contributed by atoms with van der Waals surface area (Å²) in [5, 5.41) is 15.5. The number of aromatic nitrogens is 3. The second-order valence-corrected chi connectivity index (χ2v) is 8.02. The molecule has 7 heteroatoms. The number of nitrogens with one attached hydrogen (secondary N) is 2. The highest BCUT2D eigenvalue weighted by atomic mass is 15.2. The van der Waals surface area contributed by atoms with Gasteiger partial charge in [0, 0.05) is 51.4 Å². The molecule has 2 aromatic rings. The predicted octanol–water partition coefficient (Wildman–Crippen LogP) is 2.34. The zero-order valence-electron chi connectivity index (χ0n) is 17.6. The number of nitrogens with zero attached hydrogens (tertiary/aromatic N) is 5. The molecule has 154 valence electrons. The molecule has 3 rings (SSSR count). The summed E-state index contributed by atoms with van der Waals surface area (Å²) in [5.74, 6) is 2.68. The SMILES string of the molecule is CCNC(=NCCCc1nnc2ccccn12)NC1CCN(CC(C)C)CC1. The van der Waals surface area contributed by atoms with Gasteiger partial charge in [-0.25, -0.2) is 0 Å². The molecule has 2 aromatic heterocycles. The summed E-state index contributed by atoms with van der Waals surface area (Å²) >= 11 is 0. The van der Waals surface area contributed by atoms with Crippen molar-refractivity contribution in [2.45, 2.75) is 52.5 Å². The number of likely N-dealkylation sites (tertiary alicyclic amines) is 1. The van der Waals surface area contributed by atoms with E-state index in [1.807, 2.05) is 24.4 Å². The molecule has 2 N–H and O–H groups in total. The minimum absolute atomic E-state index is 0.515. The van der Waals surface area contributed by atoms with Crippen LogP contribution in [0.3, 0.4) is 0 Å². The first-order valence-corrected chi connectivity index (χ1v) is 10.7. The summed E-state index contributed by atoms with van der Waals surface area (Å²) in [6, 6.07) is 6.49. The van der Waals surface area contributed by atoms with E-state index in [1.165, 1.54) is 32.5 Å². The van der Waals surface area contributed by atoms with Gasteiger partial charge in [0.05, 0.1) is 0 Å². The van der Waals surface area contributed by atoms with Crippen molar-refractivity contribution in [1.82, 2.24) is 30.1 Å².